The van der Waals surface area contributed by atoms with Gasteiger partial charge in [0.2, 0.25) is 0 Å². The molecule has 0 unspecified atom stereocenters. The van der Waals surface area contributed by atoms with Crippen molar-refractivity contribution in [1.82, 2.24) is 9.62 Å². The second kappa shape index (κ2) is 5.06. The van der Waals surface area contributed by atoms with E-state index in [9.17, 15) is 8.42 Å². The maximum absolute atomic E-state index is 11.0. The molecule has 84 valence electrons. The normalized spacial score (nSPS) is 21.3. The predicted octanol–water partition coefficient (Wildman–Crippen LogP) is -0.489. The van der Waals surface area contributed by atoms with Gasteiger partial charge in [-0.3, -0.25) is 0 Å². The van der Waals surface area contributed by atoms with Crippen molar-refractivity contribution in [3.8, 4) is 0 Å². The van der Waals surface area contributed by atoms with Crippen LogP contribution in [0, 0.1) is 5.92 Å². The van der Waals surface area contributed by atoms with Gasteiger partial charge in [-0.2, -0.15) is 12.7 Å². The van der Waals surface area contributed by atoms with Crippen LogP contribution in [0.4, 0.5) is 0 Å². The lowest BCUT2D eigenvalue weighted by atomic mass is 9.98. The predicted molar refractivity (Wildman–Crippen MR) is 55.9 cm³/mol. The number of rotatable bonds is 4. The van der Waals surface area contributed by atoms with Gasteiger partial charge in [0.25, 0.3) is 10.2 Å². The Morgan fingerprint density at radius 3 is 2.43 bits per heavy atom. The number of nitrogens with one attached hydrogen (secondary N) is 1. The molecule has 0 aromatic carbocycles. The molecule has 5 nitrogen and oxygen atoms in total. The molecule has 0 bridgehead atoms. The lowest BCUT2D eigenvalue weighted by Gasteiger charge is -2.29. The van der Waals surface area contributed by atoms with Crippen molar-refractivity contribution in [2.24, 2.45) is 11.1 Å². The molecule has 1 aliphatic heterocycles. The first kappa shape index (κ1) is 11.9. The highest BCUT2D eigenvalue weighted by atomic mass is 32.2. The fourth-order valence-corrected chi connectivity index (χ4v) is 2.44. The molecular formula is C8H19N3O2S. The molecule has 0 radical (unpaired) electrons. The minimum absolute atomic E-state index is 0.564. The summed E-state index contributed by atoms with van der Waals surface area (Å²) in [7, 11) is -3.46. The van der Waals surface area contributed by atoms with Gasteiger partial charge in [0.05, 0.1) is 0 Å². The molecule has 0 saturated carbocycles. The van der Waals surface area contributed by atoms with Crippen molar-refractivity contribution in [2.75, 3.05) is 26.2 Å². The van der Waals surface area contributed by atoms with Gasteiger partial charge in [0.15, 0.2) is 0 Å². The standard InChI is InChI=1S/C8H19N3O2S/c1-2-10-7-8-3-5-11(6-4-8)14(9,12)13/h8,10H,2-7H2,1H3,(H2,9,12,13). The molecule has 14 heavy (non-hydrogen) atoms. The van der Waals surface area contributed by atoms with E-state index < -0.39 is 10.2 Å². The number of piperidine rings is 1. The lowest BCUT2D eigenvalue weighted by Crippen LogP contribution is -2.43. The first-order chi connectivity index (χ1) is 6.54. The van der Waals surface area contributed by atoms with Crippen LogP contribution < -0.4 is 10.5 Å². The largest absolute Gasteiger partial charge is 0.317 e. The second-order valence-electron chi connectivity index (χ2n) is 3.70. The smallest absolute Gasteiger partial charge is 0.276 e. The summed E-state index contributed by atoms with van der Waals surface area (Å²) in [6.45, 7) is 5.15. The monoisotopic (exact) mass is 221 g/mol. The molecule has 0 aromatic rings. The Labute approximate surface area is 85.8 Å². The van der Waals surface area contributed by atoms with Gasteiger partial charge in [-0.25, -0.2) is 5.14 Å². The first-order valence-electron chi connectivity index (χ1n) is 5.02. The van der Waals surface area contributed by atoms with E-state index in [1.165, 1.54) is 4.31 Å². The molecule has 1 fully saturated rings. The molecule has 1 rings (SSSR count). The fraction of sp³-hybridized carbons (Fsp3) is 1.00. The number of nitrogens with zero attached hydrogens (tertiary/aromatic N) is 1. The summed E-state index contributed by atoms with van der Waals surface area (Å²) in [4.78, 5) is 0. The van der Waals surface area contributed by atoms with Gasteiger partial charge in [-0.15, -0.1) is 0 Å². The molecule has 6 heteroatoms. The summed E-state index contributed by atoms with van der Waals surface area (Å²) >= 11 is 0. The van der Waals surface area contributed by atoms with E-state index >= 15 is 0 Å². The van der Waals surface area contributed by atoms with Gasteiger partial charge in [-0.05, 0) is 31.8 Å². The minimum Gasteiger partial charge on any atom is -0.317 e. The van der Waals surface area contributed by atoms with Gasteiger partial charge < -0.3 is 5.32 Å². The van der Waals surface area contributed by atoms with Crippen LogP contribution in [0.5, 0.6) is 0 Å². The Kier molecular flexibility index (Phi) is 4.31. The summed E-state index contributed by atoms with van der Waals surface area (Å²) in [6, 6.07) is 0. The zero-order valence-electron chi connectivity index (χ0n) is 8.57. The van der Waals surface area contributed by atoms with Crippen LogP contribution >= 0.6 is 0 Å². The topological polar surface area (TPSA) is 75.4 Å². The van der Waals surface area contributed by atoms with Crippen LogP contribution in [-0.4, -0.2) is 38.9 Å². The summed E-state index contributed by atoms with van der Waals surface area (Å²) in [5, 5.41) is 8.31. The number of nitrogens with two attached hydrogens (primary N) is 1. The molecule has 1 saturated heterocycles. The van der Waals surface area contributed by atoms with Crippen LogP contribution in [0.25, 0.3) is 0 Å². The Bertz CT molecular complexity index is 258. The lowest BCUT2D eigenvalue weighted by molar-refractivity contribution is 0.268. The summed E-state index contributed by atoms with van der Waals surface area (Å²) in [5.74, 6) is 0.591. The maximum atomic E-state index is 11.0. The molecule has 0 atom stereocenters. The van der Waals surface area contributed by atoms with Crippen molar-refractivity contribution in [1.29, 1.82) is 0 Å². The Balaban J connectivity index is 2.31. The van der Waals surface area contributed by atoms with E-state index in [0.29, 0.717) is 19.0 Å². The van der Waals surface area contributed by atoms with Crippen LogP contribution in [0.2, 0.25) is 0 Å². The fourth-order valence-electron chi connectivity index (χ4n) is 1.72. The Hall–Kier alpha value is -0.170. The molecule has 1 aliphatic rings. The molecule has 0 aliphatic carbocycles. The van der Waals surface area contributed by atoms with Crippen LogP contribution in [0.1, 0.15) is 19.8 Å². The highest BCUT2D eigenvalue weighted by Crippen LogP contribution is 2.17. The number of hydrogen-bond donors (Lipinski definition) is 2. The van der Waals surface area contributed by atoms with Crippen molar-refractivity contribution >= 4 is 10.2 Å². The van der Waals surface area contributed by atoms with Crippen molar-refractivity contribution in [2.45, 2.75) is 19.8 Å². The molecule has 3 N–H and O–H groups in total. The van der Waals surface area contributed by atoms with Gasteiger partial charge in [0.1, 0.15) is 0 Å². The molecule has 0 spiro atoms. The van der Waals surface area contributed by atoms with E-state index in [2.05, 4.69) is 12.2 Å². The minimum atomic E-state index is -3.46. The third-order valence-electron chi connectivity index (χ3n) is 2.62. The summed E-state index contributed by atoms with van der Waals surface area (Å²) in [5.41, 5.74) is 0. The molecule has 0 aromatic heterocycles. The average Bonchev–Trinajstić information content (AvgIpc) is 2.14. The van der Waals surface area contributed by atoms with Crippen LogP contribution in [-0.2, 0) is 10.2 Å². The SMILES string of the molecule is CCNCC1CCN(S(N)(=O)=O)CC1. The zero-order valence-corrected chi connectivity index (χ0v) is 9.39. The van der Waals surface area contributed by atoms with Gasteiger partial charge >= 0.3 is 0 Å². The third kappa shape index (κ3) is 3.53. The highest BCUT2D eigenvalue weighted by molar-refractivity contribution is 7.86. The van der Waals surface area contributed by atoms with E-state index in [-0.39, 0.29) is 0 Å². The van der Waals surface area contributed by atoms with Crippen LogP contribution in [0.3, 0.4) is 0 Å². The Morgan fingerprint density at radius 2 is 2.00 bits per heavy atom. The van der Waals surface area contributed by atoms with E-state index in [4.69, 9.17) is 5.14 Å². The molecular weight excluding hydrogens is 202 g/mol. The second-order valence-corrected chi connectivity index (χ2v) is 5.24. The van der Waals surface area contributed by atoms with Gasteiger partial charge in [-0.1, -0.05) is 6.92 Å². The Morgan fingerprint density at radius 1 is 1.43 bits per heavy atom. The highest BCUT2D eigenvalue weighted by Gasteiger charge is 2.24. The van der Waals surface area contributed by atoms with Crippen molar-refractivity contribution < 1.29 is 8.42 Å². The summed E-state index contributed by atoms with van der Waals surface area (Å²) in [6.07, 6.45) is 1.81. The van der Waals surface area contributed by atoms with Gasteiger partial charge in [0, 0.05) is 13.1 Å². The maximum Gasteiger partial charge on any atom is 0.276 e. The zero-order chi connectivity index (χ0) is 10.6. The first-order valence-corrected chi connectivity index (χ1v) is 6.53. The van der Waals surface area contributed by atoms with E-state index in [1.54, 1.807) is 0 Å². The van der Waals surface area contributed by atoms with E-state index in [1.807, 2.05) is 0 Å². The van der Waals surface area contributed by atoms with Crippen molar-refractivity contribution in [3.63, 3.8) is 0 Å². The average molecular weight is 221 g/mol. The van der Waals surface area contributed by atoms with E-state index in [0.717, 1.165) is 25.9 Å². The molecule has 1 heterocycles. The van der Waals surface area contributed by atoms with Crippen molar-refractivity contribution in [3.05, 3.63) is 0 Å². The third-order valence-corrected chi connectivity index (χ3v) is 3.70. The summed E-state index contributed by atoms with van der Waals surface area (Å²) < 4.78 is 23.3. The van der Waals surface area contributed by atoms with Crippen LogP contribution in [0.15, 0.2) is 0 Å². The quantitative estimate of drug-likeness (QED) is 0.673. The molecule has 0 amide bonds. The number of hydrogen-bond acceptors (Lipinski definition) is 3.